The Morgan fingerprint density at radius 3 is 2.03 bits per heavy atom. The number of carbonyl (C=O) groups is 3. The molecule has 154 valence electrons. The molecule has 1 unspecified atom stereocenters. The lowest BCUT2D eigenvalue weighted by atomic mass is 10.0. The maximum absolute atomic E-state index is 12.8. The number of amides is 3. The number of benzene rings is 2. The van der Waals surface area contributed by atoms with Crippen LogP contribution in [0, 0.1) is 5.92 Å². The van der Waals surface area contributed by atoms with Crippen molar-refractivity contribution in [3.63, 3.8) is 0 Å². The first-order chi connectivity index (χ1) is 13.7. The van der Waals surface area contributed by atoms with Crippen LogP contribution in [0.15, 0.2) is 42.5 Å². The molecule has 2 aromatic carbocycles. The highest BCUT2D eigenvalue weighted by Crippen LogP contribution is 2.21. The molecule has 0 aromatic heterocycles. The van der Waals surface area contributed by atoms with E-state index in [2.05, 4.69) is 16.0 Å². The number of carbonyl (C=O) groups excluding carboxylic acids is 3. The molecule has 3 N–H and O–H groups in total. The fraction of sp³-hybridized carbons (Fsp3) is 0.286. The van der Waals surface area contributed by atoms with Crippen LogP contribution < -0.4 is 16.0 Å². The summed E-state index contributed by atoms with van der Waals surface area (Å²) in [6.07, 6.45) is 0.451. The van der Waals surface area contributed by atoms with Gasteiger partial charge in [0.2, 0.25) is 11.8 Å². The lowest BCUT2D eigenvalue weighted by molar-refractivity contribution is -0.118. The average molecular weight is 436 g/mol. The smallest absolute Gasteiger partial charge is 0.253 e. The van der Waals surface area contributed by atoms with Crippen LogP contribution in [0.5, 0.6) is 0 Å². The van der Waals surface area contributed by atoms with Crippen molar-refractivity contribution in [3.8, 4) is 0 Å². The molecule has 0 heterocycles. The first-order valence-corrected chi connectivity index (χ1v) is 9.85. The van der Waals surface area contributed by atoms with E-state index in [1.54, 1.807) is 30.3 Å². The summed E-state index contributed by atoms with van der Waals surface area (Å²) in [5, 5.41) is 8.83. The first-order valence-electron chi connectivity index (χ1n) is 9.10. The Morgan fingerprint density at radius 2 is 1.52 bits per heavy atom. The zero-order valence-corrected chi connectivity index (χ0v) is 17.9. The Hall–Kier alpha value is -2.57. The fourth-order valence-corrected chi connectivity index (χ4v) is 3.18. The van der Waals surface area contributed by atoms with Gasteiger partial charge in [0.15, 0.2) is 0 Å². The Kier molecular flexibility index (Phi) is 8.05. The summed E-state index contributed by atoms with van der Waals surface area (Å²) < 4.78 is 0. The second kappa shape index (κ2) is 10.3. The van der Waals surface area contributed by atoms with Gasteiger partial charge in [0, 0.05) is 23.3 Å². The van der Waals surface area contributed by atoms with Crippen LogP contribution in [-0.4, -0.2) is 23.8 Å². The molecule has 6 nitrogen and oxygen atoms in total. The number of rotatable bonds is 7. The highest BCUT2D eigenvalue weighted by molar-refractivity contribution is 6.36. The van der Waals surface area contributed by atoms with Gasteiger partial charge in [-0.25, -0.2) is 0 Å². The van der Waals surface area contributed by atoms with Gasteiger partial charge in [0.1, 0.15) is 6.04 Å². The number of halogens is 2. The Bertz CT molecular complexity index is 899. The Labute approximate surface area is 180 Å². The van der Waals surface area contributed by atoms with Gasteiger partial charge in [-0.2, -0.15) is 0 Å². The molecule has 2 rings (SSSR count). The van der Waals surface area contributed by atoms with E-state index < -0.39 is 11.9 Å². The second-order valence-corrected chi connectivity index (χ2v) is 7.87. The topological polar surface area (TPSA) is 87.3 Å². The highest BCUT2D eigenvalue weighted by atomic mass is 35.5. The standard InChI is InChI=1S/C21H23Cl2N3O3/c1-12(2)10-19(26-20(28)17-9-4-14(22)11-18(17)23)21(29)25-16-7-5-15(6-8-16)24-13(3)27/h4-9,11-12,19H,10H2,1-3H3,(H,24,27)(H,25,29)(H,26,28). The van der Waals surface area contributed by atoms with Gasteiger partial charge in [0.05, 0.1) is 10.6 Å². The van der Waals surface area contributed by atoms with Crippen LogP contribution in [0.1, 0.15) is 37.6 Å². The summed E-state index contributed by atoms with van der Waals surface area (Å²) in [4.78, 5) is 36.5. The van der Waals surface area contributed by atoms with Crippen molar-refractivity contribution >= 4 is 52.3 Å². The molecule has 0 saturated heterocycles. The second-order valence-electron chi connectivity index (χ2n) is 7.03. The molecule has 0 aliphatic carbocycles. The molecular formula is C21H23Cl2N3O3. The quantitative estimate of drug-likeness (QED) is 0.586. The van der Waals surface area contributed by atoms with Crippen molar-refractivity contribution in [1.29, 1.82) is 0 Å². The van der Waals surface area contributed by atoms with Crippen LogP contribution in [0.4, 0.5) is 11.4 Å². The summed E-state index contributed by atoms with van der Waals surface area (Å²) in [5.41, 5.74) is 1.42. The molecule has 2 aromatic rings. The van der Waals surface area contributed by atoms with Crippen molar-refractivity contribution in [1.82, 2.24) is 5.32 Å². The SMILES string of the molecule is CC(=O)Nc1ccc(NC(=O)C(CC(C)C)NC(=O)c2ccc(Cl)cc2Cl)cc1. The van der Waals surface area contributed by atoms with E-state index in [1.807, 2.05) is 13.8 Å². The van der Waals surface area contributed by atoms with Crippen molar-refractivity contribution in [3.05, 3.63) is 58.1 Å². The summed E-state index contributed by atoms with van der Waals surface area (Å²) in [7, 11) is 0. The maximum atomic E-state index is 12.8. The third-order valence-electron chi connectivity index (χ3n) is 3.98. The number of anilines is 2. The normalized spacial score (nSPS) is 11.7. The van der Waals surface area contributed by atoms with Crippen LogP contribution in [0.3, 0.4) is 0 Å². The molecule has 0 saturated carbocycles. The predicted molar refractivity (Wildman–Crippen MR) is 117 cm³/mol. The average Bonchev–Trinajstić information content (AvgIpc) is 2.61. The van der Waals surface area contributed by atoms with E-state index >= 15 is 0 Å². The predicted octanol–water partition coefficient (Wildman–Crippen LogP) is 4.74. The third-order valence-corrected chi connectivity index (χ3v) is 4.53. The lowest BCUT2D eigenvalue weighted by Crippen LogP contribution is -2.44. The number of hydrogen-bond acceptors (Lipinski definition) is 3. The molecule has 1 atom stereocenters. The van der Waals surface area contributed by atoms with Gasteiger partial charge < -0.3 is 16.0 Å². The van der Waals surface area contributed by atoms with E-state index in [0.717, 1.165) is 0 Å². The Morgan fingerprint density at radius 1 is 0.931 bits per heavy atom. The Balaban J connectivity index is 2.11. The lowest BCUT2D eigenvalue weighted by Gasteiger charge is -2.20. The van der Waals surface area contributed by atoms with Crippen molar-refractivity contribution in [2.45, 2.75) is 33.2 Å². The molecule has 0 spiro atoms. The van der Waals surface area contributed by atoms with E-state index in [-0.39, 0.29) is 28.3 Å². The summed E-state index contributed by atoms with van der Waals surface area (Å²) in [6.45, 7) is 5.34. The minimum atomic E-state index is -0.746. The molecule has 3 amide bonds. The van der Waals surface area contributed by atoms with E-state index in [4.69, 9.17) is 23.2 Å². The van der Waals surface area contributed by atoms with E-state index in [1.165, 1.54) is 19.1 Å². The van der Waals surface area contributed by atoms with Gasteiger partial charge in [-0.3, -0.25) is 14.4 Å². The van der Waals surface area contributed by atoms with Crippen LogP contribution >= 0.6 is 23.2 Å². The van der Waals surface area contributed by atoms with Gasteiger partial charge in [-0.1, -0.05) is 37.0 Å². The van der Waals surface area contributed by atoms with Crippen molar-refractivity contribution in [2.24, 2.45) is 5.92 Å². The third kappa shape index (κ3) is 7.07. The maximum Gasteiger partial charge on any atom is 0.253 e. The molecule has 0 fully saturated rings. The molecule has 0 aliphatic heterocycles. The summed E-state index contributed by atoms with van der Waals surface area (Å²) in [6, 6.07) is 10.5. The van der Waals surface area contributed by atoms with Crippen LogP contribution in [0.2, 0.25) is 10.0 Å². The summed E-state index contributed by atoms with van der Waals surface area (Å²) >= 11 is 12.0. The van der Waals surface area contributed by atoms with Gasteiger partial charge in [-0.05, 0) is 54.8 Å². The monoisotopic (exact) mass is 435 g/mol. The molecule has 29 heavy (non-hydrogen) atoms. The van der Waals surface area contributed by atoms with Crippen molar-refractivity contribution in [2.75, 3.05) is 10.6 Å². The van der Waals surface area contributed by atoms with E-state index in [0.29, 0.717) is 22.8 Å². The number of nitrogens with one attached hydrogen (secondary N) is 3. The minimum Gasteiger partial charge on any atom is -0.340 e. The molecular weight excluding hydrogens is 413 g/mol. The zero-order chi connectivity index (χ0) is 21.6. The van der Waals surface area contributed by atoms with Gasteiger partial charge in [0.25, 0.3) is 5.91 Å². The van der Waals surface area contributed by atoms with Crippen LogP contribution in [0.25, 0.3) is 0 Å². The van der Waals surface area contributed by atoms with Crippen LogP contribution in [-0.2, 0) is 9.59 Å². The van der Waals surface area contributed by atoms with E-state index in [9.17, 15) is 14.4 Å². The molecule has 8 heteroatoms. The molecule has 0 aliphatic rings. The summed E-state index contributed by atoms with van der Waals surface area (Å²) in [5.74, 6) is -0.797. The number of hydrogen-bond donors (Lipinski definition) is 3. The van der Waals surface area contributed by atoms with Gasteiger partial charge >= 0.3 is 0 Å². The largest absolute Gasteiger partial charge is 0.340 e. The van der Waals surface area contributed by atoms with Gasteiger partial charge in [-0.15, -0.1) is 0 Å². The minimum absolute atomic E-state index is 0.175. The zero-order valence-electron chi connectivity index (χ0n) is 16.4. The fourth-order valence-electron chi connectivity index (χ4n) is 2.68. The molecule has 0 radical (unpaired) electrons. The molecule has 0 bridgehead atoms. The first kappa shape index (κ1) is 22.7. The van der Waals surface area contributed by atoms with Crippen molar-refractivity contribution < 1.29 is 14.4 Å². The highest BCUT2D eigenvalue weighted by Gasteiger charge is 2.23.